The van der Waals surface area contributed by atoms with Crippen LogP contribution in [-0.2, 0) is 10.1 Å². The summed E-state index contributed by atoms with van der Waals surface area (Å²) in [5.41, 5.74) is -1.74. The quantitative estimate of drug-likeness (QED) is 0.206. The zero-order valence-corrected chi connectivity index (χ0v) is 18.3. The smallest absolute Gasteiger partial charge is 0.746 e. The molecule has 1 N–H and O–H groups in total. The molecule has 6 heteroatoms. The molecule has 0 amide bonds. The molecule has 136 valence electrons. The molecule has 0 spiro atoms. The Kier molecular flexibility index (Phi) is 20.1. The molecular formula is C18H33NaO4S. The minimum atomic E-state index is -4.53. The van der Waals surface area contributed by atoms with Gasteiger partial charge < -0.3 is 9.66 Å². The normalized spacial score (nSPS) is 13.5. The van der Waals surface area contributed by atoms with Gasteiger partial charge >= 0.3 is 29.6 Å². The van der Waals surface area contributed by atoms with Gasteiger partial charge in [0.1, 0.15) is 15.6 Å². The number of unbranched alkanes of at least 4 members (excludes halogenated alkanes) is 8. The van der Waals surface area contributed by atoms with Gasteiger partial charge in [0.05, 0.1) is 0 Å². The number of aliphatic hydroxyl groups is 1. The molecule has 0 aliphatic rings. The van der Waals surface area contributed by atoms with Gasteiger partial charge in [0, 0.05) is 0 Å². The summed E-state index contributed by atoms with van der Waals surface area (Å²) in [7, 11) is -4.53. The third-order valence-corrected chi connectivity index (χ3v) is 4.64. The molecule has 0 saturated heterocycles. The molecule has 1 atom stereocenters. The standard InChI is InChI=1S/C18H34O4S.Na/c1-2-3-4-5-6-7-8-9-10-11-12-13-14-15-16-17-18(19)23(20,21)22;/h6-7,9-10,18-19H,2-5,8,11-17H2,1H3,(H,20,21,22);/q;+1/p-1/b7-6-,10-9-;. The molecule has 0 heterocycles. The van der Waals surface area contributed by atoms with E-state index in [-0.39, 0.29) is 36.0 Å². The topological polar surface area (TPSA) is 77.4 Å². The van der Waals surface area contributed by atoms with Gasteiger partial charge in [-0.15, -0.1) is 0 Å². The number of allylic oxidation sites excluding steroid dienone is 4. The summed E-state index contributed by atoms with van der Waals surface area (Å²) in [5.74, 6) is 0. The molecule has 0 aromatic heterocycles. The van der Waals surface area contributed by atoms with Crippen LogP contribution in [0.15, 0.2) is 24.3 Å². The van der Waals surface area contributed by atoms with E-state index < -0.39 is 15.6 Å². The molecule has 0 aromatic carbocycles. The molecule has 0 fully saturated rings. The van der Waals surface area contributed by atoms with Crippen molar-refractivity contribution in [3.63, 3.8) is 0 Å². The zero-order chi connectivity index (χ0) is 17.4. The van der Waals surface area contributed by atoms with E-state index in [0.29, 0.717) is 6.42 Å². The molecule has 0 aromatic rings. The fourth-order valence-electron chi connectivity index (χ4n) is 2.27. The number of hydrogen-bond donors (Lipinski definition) is 1. The third-order valence-electron chi connectivity index (χ3n) is 3.73. The molecule has 0 radical (unpaired) electrons. The molecule has 0 rings (SSSR count). The Morgan fingerprint density at radius 1 is 0.875 bits per heavy atom. The Hall–Kier alpha value is 0.350. The van der Waals surface area contributed by atoms with Crippen LogP contribution in [0.4, 0.5) is 0 Å². The largest absolute Gasteiger partial charge is 1.00 e. The maximum Gasteiger partial charge on any atom is 1.00 e. The predicted octanol–water partition coefficient (Wildman–Crippen LogP) is 1.67. The van der Waals surface area contributed by atoms with E-state index in [1.165, 1.54) is 25.7 Å². The number of rotatable bonds is 15. The van der Waals surface area contributed by atoms with Crippen molar-refractivity contribution in [3.8, 4) is 0 Å². The average molecular weight is 369 g/mol. The Balaban J connectivity index is 0. The molecular weight excluding hydrogens is 335 g/mol. The SMILES string of the molecule is CCCCC/C=C\C/C=C\CCCCCCCC(O)S(=O)(=O)[O-].[Na+]. The summed E-state index contributed by atoms with van der Waals surface area (Å²) in [6.07, 6.45) is 20.8. The minimum absolute atomic E-state index is 0. The van der Waals surface area contributed by atoms with E-state index in [4.69, 9.17) is 5.11 Å². The molecule has 0 bridgehead atoms. The van der Waals surface area contributed by atoms with Crippen LogP contribution in [0.25, 0.3) is 0 Å². The van der Waals surface area contributed by atoms with Gasteiger partial charge in [0.2, 0.25) is 0 Å². The van der Waals surface area contributed by atoms with Crippen LogP contribution in [0.5, 0.6) is 0 Å². The van der Waals surface area contributed by atoms with Gasteiger partial charge in [0.25, 0.3) is 0 Å². The number of aliphatic hydroxyl groups excluding tert-OH is 1. The summed E-state index contributed by atoms with van der Waals surface area (Å²) >= 11 is 0. The van der Waals surface area contributed by atoms with Crippen molar-refractivity contribution in [1.82, 2.24) is 0 Å². The summed E-state index contributed by atoms with van der Waals surface area (Å²) in [6.45, 7) is 2.22. The first-order valence-corrected chi connectivity index (χ1v) is 10.4. The molecule has 0 aliphatic carbocycles. The summed E-state index contributed by atoms with van der Waals surface area (Å²) in [5, 5.41) is 9.07. The Bertz CT molecular complexity index is 419. The second kappa shape index (κ2) is 18.2. The van der Waals surface area contributed by atoms with Gasteiger partial charge in [-0.3, -0.25) is 0 Å². The van der Waals surface area contributed by atoms with Gasteiger partial charge in [-0.25, -0.2) is 8.42 Å². The van der Waals surface area contributed by atoms with E-state index in [2.05, 4.69) is 31.2 Å². The average Bonchev–Trinajstić information content (AvgIpc) is 2.50. The fraction of sp³-hybridized carbons (Fsp3) is 0.778. The number of hydrogen-bond acceptors (Lipinski definition) is 4. The van der Waals surface area contributed by atoms with Gasteiger partial charge in [-0.2, -0.15) is 0 Å². The van der Waals surface area contributed by atoms with Crippen LogP contribution in [-0.4, -0.2) is 23.5 Å². The van der Waals surface area contributed by atoms with Crippen molar-refractivity contribution in [1.29, 1.82) is 0 Å². The fourth-order valence-corrected chi connectivity index (χ4v) is 2.73. The van der Waals surface area contributed by atoms with Crippen molar-refractivity contribution in [2.45, 2.75) is 89.4 Å². The van der Waals surface area contributed by atoms with E-state index in [1.807, 2.05) is 0 Å². The van der Waals surface area contributed by atoms with Crippen molar-refractivity contribution in [2.24, 2.45) is 0 Å². The van der Waals surface area contributed by atoms with E-state index in [9.17, 15) is 13.0 Å². The van der Waals surface area contributed by atoms with E-state index in [1.54, 1.807) is 0 Å². The Labute approximate surface area is 170 Å². The zero-order valence-electron chi connectivity index (χ0n) is 15.5. The molecule has 24 heavy (non-hydrogen) atoms. The predicted molar refractivity (Wildman–Crippen MR) is 95.1 cm³/mol. The van der Waals surface area contributed by atoms with Crippen LogP contribution in [0.2, 0.25) is 0 Å². The van der Waals surface area contributed by atoms with Crippen molar-refractivity contribution in [3.05, 3.63) is 24.3 Å². The first kappa shape index (κ1) is 26.6. The second-order valence-corrected chi connectivity index (χ2v) is 7.50. The molecule has 4 nitrogen and oxygen atoms in total. The maximum atomic E-state index is 10.5. The van der Waals surface area contributed by atoms with Crippen molar-refractivity contribution >= 4 is 10.1 Å². The second-order valence-electron chi connectivity index (χ2n) is 5.97. The summed E-state index contributed by atoms with van der Waals surface area (Å²) in [4.78, 5) is 0. The minimum Gasteiger partial charge on any atom is -0.746 e. The van der Waals surface area contributed by atoms with Crippen LogP contribution < -0.4 is 29.6 Å². The molecule has 1 unspecified atom stereocenters. The van der Waals surface area contributed by atoms with Gasteiger partial charge in [0.15, 0.2) is 0 Å². The summed E-state index contributed by atoms with van der Waals surface area (Å²) in [6, 6.07) is 0. The molecule has 0 aliphatic heterocycles. The maximum absolute atomic E-state index is 10.5. The first-order valence-electron chi connectivity index (χ1n) is 8.91. The van der Waals surface area contributed by atoms with Crippen LogP contribution in [0.3, 0.4) is 0 Å². The Morgan fingerprint density at radius 3 is 1.92 bits per heavy atom. The van der Waals surface area contributed by atoms with Crippen molar-refractivity contribution in [2.75, 3.05) is 0 Å². The summed E-state index contributed by atoms with van der Waals surface area (Å²) < 4.78 is 31.5. The van der Waals surface area contributed by atoms with Gasteiger partial charge in [-0.1, -0.05) is 63.3 Å². The van der Waals surface area contributed by atoms with Crippen LogP contribution >= 0.6 is 0 Å². The monoisotopic (exact) mass is 368 g/mol. The van der Waals surface area contributed by atoms with Gasteiger partial charge in [-0.05, 0) is 44.9 Å². The molecule has 0 saturated carbocycles. The van der Waals surface area contributed by atoms with Crippen molar-refractivity contribution < 1.29 is 47.6 Å². The van der Waals surface area contributed by atoms with Crippen LogP contribution in [0.1, 0.15) is 84.0 Å². The Morgan fingerprint density at radius 2 is 1.38 bits per heavy atom. The third kappa shape index (κ3) is 18.7. The van der Waals surface area contributed by atoms with E-state index >= 15 is 0 Å². The van der Waals surface area contributed by atoms with Crippen LogP contribution in [0, 0.1) is 0 Å². The van der Waals surface area contributed by atoms with E-state index in [0.717, 1.165) is 38.5 Å². The first-order chi connectivity index (χ1) is 11.0.